The number of carbonyl (C=O) groups excluding carboxylic acids is 2. The van der Waals surface area contributed by atoms with Gasteiger partial charge in [-0.25, -0.2) is 14.1 Å². The van der Waals surface area contributed by atoms with E-state index in [0.29, 0.717) is 0 Å². The monoisotopic (exact) mass is 243 g/mol. The number of imide groups is 1. The molecule has 83 valence electrons. The molecule has 2 amide bonds. The number of carbonyl (C=O) groups is 2. The van der Waals surface area contributed by atoms with Crippen LogP contribution in [0.5, 0.6) is 0 Å². The van der Waals surface area contributed by atoms with E-state index >= 15 is 0 Å². The standard InChI is InChI=1S/C8H5NO6S/c10-7-5-3-1-2-4-6(5)8(11)9(7,12)16(13,14)15/h1-4H,(H,13,14,15)/q+1. The van der Waals surface area contributed by atoms with Crippen molar-refractivity contribution in [3.8, 4) is 0 Å². The van der Waals surface area contributed by atoms with E-state index in [1.54, 1.807) is 0 Å². The fraction of sp³-hybridized carbons (Fsp3) is 0. The molecule has 1 aromatic rings. The lowest BCUT2D eigenvalue weighted by atomic mass is 10.1. The van der Waals surface area contributed by atoms with Gasteiger partial charge >= 0.3 is 22.1 Å². The minimum Gasteiger partial charge on any atom is -0.238 e. The average Bonchev–Trinajstić information content (AvgIpc) is 2.42. The zero-order valence-electron chi connectivity index (χ0n) is 7.65. The maximum Gasteiger partial charge on any atom is 0.483 e. The molecule has 7 nitrogen and oxygen atoms in total. The number of hydrogen-bond acceptors (Lipinski definition) is 4. The second-order valence-electron chi connectivity index (χ2n) is 3.16. The third-order valence-corrected chi connectivity index (χ3v) is 3.23. The summed E-state index contributed by atoms with van der Waals surface area (Å²) in [6.07, 6.45) is 0. The predicted molar refractivity (Wildman–Crippen MR) is 47.6 cm³/mol. The number of benzene rings is 1. The van der Waals surface area contributed by atoms with Crippen molar-refractivity contribution in [1.82, 2.24) is 0 Å². The average molecular weight is 243 g/mol. The van der Waals surface area contributed by atoms with Gasteiger partial charge < -0.3 is 0 Å². The Labute approximate surface area is 90.0 Å². The Morgan fingerprint density at radius 3 is 1.69 bits per heavy atom. The Bertz CT molecular complexity index is 570. The third-order valence-electron chi connectivity index (χ3n) is 2.25. The lowest BCUT2D eigenvalue weighted by molar-refractivity contribution is -0.893. The summed E-state index contributed by atoms with van der Waals surface area (Å²) in [7, 11) is -5.39. The first-order valence-corrected chi connectivity index (χ1v) is 5.46. The van der Waals surface area contributed by atoms with Gasteiger partial charge in [0.05, 0.1) is 5.21 Å². The van der Waals surface area contributed by atoms with Crippen LogP contribution in [0.2, 0.25) is 0 Å². The van der Waals surface area contributed by atoms with Crippen molar-refractivity contribution in [2.24, 2.45) is 0 Å². The molecule has 0 aromatic heterocycles. The van der Waals surface area contributed by atoms with Gasteiger partial charge in [-0.2, -0.15) is 0 Å². The molecule has 1 heterocycles. The van der Waals surface area contributed by atoms with Crippen LogP contribution >= 0.6 is 0 Å². The van der Waals surface area contributed by atoms with E-state index in [4.69, 9.17) is 4.55 Å². The van der Waals surface area contributed by atoms with Crippen LogP contribution in [-0.2, 0) is 15.5 Å². The van der Waals surface area contributed by atoms with E-state index in [1.807, 2.05) is 0 Å². The van der Waals surface area contributed by atoms with E-state index in [9.17, 15) is 23.2 Å². The zero-order chi connectivity index (χ0) is 12.1. The van der Waals surface area contributed by atoms with Crippen molar-refractivity contribution in [3.05, 3.63) is 35.4 Å². The van der Waals surface area contributed by atoms with Gasteiger partial charge in [-0.15, -0.1) is 8.42 Å². The maximum absolute atomic E-state index is 11.6. The van der Waals surface area contributed by atoms with Gasteiger partial charge in [-0.05, 0) is 12.1 Å². The molecule has 0 fully saturated rings. The van der Waals surface area contributed by atoms with E-state index in [1.165, 1.54) is 12.1 Å². The number of hydroxylamine groups is 2. The Hall–Kier alpha value is -1.61. The Balaban J connectivity index is 2.78. The number of fused-ring (bicyclic) bond motifs is 1. The first-order chi connectivity index (χ1) is 7.30. The SMILES string of the molecule is [O][N+]1(S(=O)(=O)O)C(=O)c2ccccc2C1=O. The van der Waals surface area contributed by atoms with Crippen molar-refractivity contribution < 1.29 is 31.8 Å². The summed E-state index contributed by atoms with van der Waals surface area (Å²) in [5.41, 5.74) is -0.611. The van der Waals surface area contributed by atoms with Crippen molar-refractivity contribution in [2.75, 3.05) is 0 Å². The largest absolute Gasteiger partial charge is 0.483 e. The van der Waals surface area contributed by atoms with Gasteiger partial charge in [0, 0.05) is 0 Å². The molecule has 2 rings (SSSR count). The highest BCUT2D eigenvalue weighted by Crippen LogP contribution is 2.30. The molecule has 1 N–H and O–H groups in total. The predicted octanol–water partition coefficient (Wildman–Crippen LogP) is -0.0543. The quantitative estimate of drug-likeness (QED) is 0.422. The summed E-state index contributed by atoms with van der Waals surface area (Å²) in [5, 5.41) is 11.6. The molecule has 0 unspecified atom stereocenters. The summed E-state index contributed by atoms with van der Waals surface area (Å²) in [6.45, 7) is 0. The minimum atomic E-state index is -5.39. The number of amides is 2. The fourth-order valence-electron chi connectivity index (χ4n) is 1.48. The van der Waals surface area contributed by atoms with Crippen molar-refractivity contribution in [1.29, 1.82) is 0 Å². The molecule has 0 spiro atoms. The van der Waals surface area contributed by atoms with Crippen LogP contribution in [0.4, 0.5) is 0 Å². The number of hydrogen-bond donors (Lipinski definition) is 1. The normalized spacial score (nSPS) is 18.6. The van der Waals surface area contributed by atoms with Crippen molar-refractivity contribution in [3.63, 3.8) is 0 Å². The summed E-state index contributed by atoms with van der Waals surface area (Å²) >= 11 is 0. The second kappa shape index (κ2) is 2.95. The third kappa shape index (κ3) is 1.09. The fourth-order valence-corrected chi connectivity index (χ4v) is 2.09. The van der Waals surface area contributed by atoms with Gasteiger partial charge in [0.15, 0.2) is 0 Å². The Kier molecular flexibility index (Phi) is 2.01. The topological polar surface area (TPSA) is 108 Å². The molecular formula is C8H5NO6S+. The maximum atomic E-state index is 11.6. The van der Waals surface area contributed by atoms with Crippen LogP contribution in [0.15, 0.2) is 24.3 Å². The minimum absolute atomic E-state index is 0.305. The number of quaternary nitrogens is 1. The lowest BCUT2D eigenvalue weighted by Gasteiger charge is -2.09. The van der Waals surface area contributed by atoms with Crippen LogP contribution in [0.25, 0.3) is 0 Å². The van der Waals surface area contributed by atoms with Gasteiger partial charge in [-0.3, -0.25) is 0 Å². The number of rotatable bonds is 1. The zero-order valence-corrected chi connectivity index (χ0v) is 8.47. The van der Waals surface area contributed by atoms with Gasteiger partial charge in [0.25, 0.3) is 0 Å². The molecule has 1 aromatic carbocycles. The van der Waals surface area contributed by atoms with Gasteiger partial charge in [0.2, 0.25) is 0 Å². The van der Waals surface area contributed by atoms with Gasteiger partial charge in [-0.1, -0.05) is 12.1 Å². The van der Waals surface area contributed by atoms with Crippen molar-refractivity contribution in [2.45, 2.75) is 0 Å². The molecule has 1 radical (unpaired) electrons. The Morgan fingerprint density at radius 1 is 1.00 bits per heavy atom. The summed E-state index contributed by atoms with van der Waals surface area (Å²) in [5.74, 6) is -2.99. The lowest BCUT2D eigenvalue weighted by Crippen LogP contribution is -2.52. The molecule has 0 atom stereocenters. The highest BCUT2D eigenvalue weighted by atomic mass is 32.2. The molecule has 1 aliphatic rings. The summed E-state index contributed by atoms with van der Waals surface area (Å²) in [4.78, 5) is 23.0. The van der Waals surface area contributed by atoms with Gasteiger partial charge in [0.1, 0.15) is 15.2 Å². The van der Waals surface area contributed by atoms with Crippen LogP contribution in [0.3, 0.4) is 0 Å². The van der Waals surface area contributed by atoms with E-state index in [-0.39, 0.29) is 11.1 Å². The van der Waals surface area contributed by atoms with E-state index in [2.05, 4.69) is 0 Å². The molecule has 16 heavy (non-hydrogen) atoms. The highest BCUT2D eigenvalue weighted by molar-refractivity contribution is 7.80. The smallest absolute Gasteiger partial charge is 0.238 e. The van der Waals surface area contributed by atoms with E-state index in [0.717, 1.165) is 12.1 Å². The molecule has 0 aliphatic carbocycles. The van der Waals surface area contributed by atoms with E-state index < -0.39 is 26.2 Å². The van der Waals surface area contributed by atoms with Crippen LogP contribution in [-0.4, -0.2) is 28.8 Å². The summed E-state index contributed by atoms with van der Waals surface area (Å²) < 4.78 is 27.4. The summed E-state index contributed by atoms with van der Waals surface area (Å²) in [6, 6.07) is 5.06. The molecule has 0 bridgehead atoms. The molecular weight excluding hydrogens is 238 g/mol. The first-order valence-electron chi connectivity index (χ1n) is 4.06. The first kappa shape index (κ1) is 10.9. The molecule has 0 saturated carbocycles. The Morgan fingerprint density at radius 2 is 1.38 bits per heavy atom. The molecule has 1 aliphatic heterocycles. The number of nitrogens with zero attached hydrogens (tertiary/aromatic N) is 1. The molecule has 8 heteroatoms. The van der Waals surface area contributed by atoms with Crippen LogP contribution < -0.4 is 0 Å². The molecule has 0 saturated heterocycles. The van der Waals surface area contributed by atoms with Crippen molar-refractivity contribution >= 4 is 22.1 Å². The van der Waals surface area contributed by atoms with Crippen LogP contribution in [0.1, 0.15) is 20.7 Å². The highest BCUT2D eigenvalue weighted by Gasteiger charge is 2.65. The van der Waals surface area contributed by atoms with Crippen LogP contribution in [0, 0.1) is 0 Å². The second-order valence-corrected chi connectivity index (χ2v) is 4.57.